The minimum absolute atomic E-state index is 0.0653. The highest BCUT2D eigenvalue weighted by atomic mass is 32.2. The van der Waals surface area contributed by atoms with Gasteiger partial charge in [-0.3, -0.25) is 9.59 Å². The van der Waals surface area contributed by atoms with Gasteiger partial charge in [0.25, 0.3) is 11.8 Å². The van der Waals surface area contributed by atoms with Gasteiger partial charge in [-0.05, 0) is 49.3 Å². The summed E-state index contributed by atoms with van der Waals surface area (Å²) >= 11 is 1.58. The number of amides is 2. The van der Waals surface area contributed by atoms with Gasteiger partial charge in [0.05, 0.1) is 12.7 Å². The minimum Gasteiger partial charge on any atom is -0.493 e. The molecular formula is C23H28N2O4S. The second kappa shape index (κ2) is 10.9. The number of para-hydroxylation sites is 2. The first-order valence-corrected chi connectivity index (χ1v) is 11.3. The Morgan fingerprint density at radius 2 is 1.87 bits per heavy atom. The average molecular weight is 429 g/mol. The number of piperidine rings is 1. The van der Waals surface area contributed by atoms with Gasteiger partial charge in [0.1, 0.15) is 0 Å². The highest BCUT2D eigenvalue weighted by Gasteiger charge is 2.26. The molecule has 1 aliphatic heterocycles. The van der Waals surface area contributed by atoms with Gasteiger partial charge < -0.3 is 19.7 Å². The van der Waals surface area contributed by atoms with E-state index in [-0.39, 0.29) is 24.3 Å². The van der Waals surface area contributed by atoms with E-state index in [1.54, 1.807) is 31.0 Å². The number of hydrogen-bond donors (Lipinski definition) is 1. The molecule has 0 aliphatic carbocycles. The summed E-state index contributed by atoms with van der Waals surface area (Å²) in [5.41, 5.74) is 0.750. The zero-order valence-electron chi connectivity index (χ0n) is 17.4. The molecule has 1 aliphatic rings. The van der Waals surface area contributed by atoms with Gasteiger partial charge in [-0.25, -0.2) is 0 Å². The molecule has 0 radical (unpaired) electrons. The standard InChI is InChI=1S/C23H28N2O4S/c1-28-19-10-4-5-11-20(19)29-16-22(26)24-14-17-8-7-13-25(15-17)23(27)18-9-3-6-12-21(18)30-2/h3-6,9-12,17H,7-8,13-16H2,1-2H3,(H,24,26)/t17-/m1/s1. The molecule has 1 saturated heterocycles. The highest BCUT2D eigenvalue weighted by molar-refractivity contribution is 7.98. The Balaban J connectivity index is 1.49. The smallest absolute Gasteiger partial charge is 0.257 e. The van der Waals surface area contributed by atoms with Crippen LogP contribution in [-0.4, -0.2) is 56.3 Å². The molecule has 2 amide bonds. The first-order valence-electron chi connectivity index (χ1n) is 10.1. The van der Waals surface area contributed by atoms with Crippen LogP contribution < -0.4 is 14.8 Å². The molecule has 2 aromatic rings. The van der Waals surface area contributed by atoms with Crippen LogP contribution in [0.1, 0.15) is 23.2 Å². The van der Waals surface area contributed by atoms with E-state index in [0.29, 0.717) is 24.6 Å². The summed E-state index contributed by atoms with van der Waals surface area (Å²) in [6, 6.07) is 14.9. The van der Waals surface area contributed by atoms with E-state index in [1.807, 2.05) is 47.6 Å². The van der Waals surface area contributed by atoms with Crippen molar-refractivity contribution in [1.29, 1.82) is 0 Å². The van der Waals surface area contributed by atoms with E-state index in [2.05, 4.69) is 5.32 Å². The lowest BCUT2D eigenvalue weighted by atomic mass is 9.97. The van der Waals surface area contributed by atoms with Crippen LogP contribution >= 0.6 is 11.8 Å². The summed E-state index contributed by atoms with van der Waals surface area (Å²) in [5.74, 6) is 1.25. The average Bonchev–Trinajstić information content (AvgIpc) is 2.81. The van der Waals surface area contributed by atoms with Crippen molar-refractivity contribution in [2.75, 3.05) is 39.6 Å². The second-order valence-corrected chi connectivity index (χ2v) is 8.05. The number of carbonyl (C=O) groups is 2. The molecule has 30 heavy (non-hydrogen) atoms. The van der Waals surface area contributed by atoms with Crippen LogP contribution in [0.25, 0.3) is 0 Å². The number of thioether (sulfide) groups is 1. The van der Waals surface area contributed by atoms with Crippen LogP contribution in [-0.2, 0) is 4.79 Å². The van der Waals surface area contributed by atoms with Gasteiger partial charge >= 0.3 is 0 Å². The SMILES string of the molecule is COc1ccccc1OCC(=O)NC[C@H]1CCCN(C(=O)c2ccccc2SC)C1. The molecule has 7 heteroatoms. The fourth-order valence-corrected chi connectivity index (χ4v) is 4.19. The Morgan fingerprint density at radius 1 is 1.13 bits per heavy atom. The molecular weight excluding hydrogens is 400 g/mol. The number of rotatable bonds is 8. The van der Waals surface area contributed by atoms with Crippen LogP contribution in [0.2, 0.25) is 0 Å². The monoisotopic (exact) mass is 428 g/mol. The number of nitrogens with one attached hydrogen (secondary N) is 1. The number of likely N-dealkylation sites (tertiary alicyclic amines) is 1. The molecule has 0 aromatic heterocycles. The fourth-order valence-electron chi connectivity index (χ4n) is 3.60. The van der Waals surface area contributed by atoms with E-state index in [0.717, 1.165) is 29.8 Å². The molecule has 0 bridgehead atoms. The molecule has 6 nitrogen and oxygen atoms in total. The summed E-state index contributed by atoms with van der Waals surface area (Å²) in [6.07, 6.45) is 3.90. The Bertz CT molecular complexity index is 874. The largest absolute Gasteiger partial charge is 0.493 e. The number of hydrogen-bond acceptors (Lipinski definition) is 5. The van der Waals surface area contributed by atoms with Crippen molar-refractivity contribution in [3.05, 3.63) is 54.1 Å². The van der Waals surface area contributed by atoms with Crippen LogP contribution in [0.3, 0.4) is 0 Å². The maximum atomic E-state index is 13.0. The van der Waals surface area contributed by atoms with E-state index >= 15 is 0 Å². The Kier molecular flexibility index (Phi) is 8.02. The number of benzene rings is 2. The zero-order valence-corrected chi connectivity index (χ0v) is 18.2. The van der Waals surface area contributed by atoms with Gasteiger partial charge in [-0.2, -0.15) is 0 Å². The first kappa shape index (κ1) is 22.0. The van der Waals surface area contributed by atoms with Crippen LogP contribution in [0.5, 0.6) is 11.5 Å². The summed E-state index contributed by atoms with van der Waals surface area (Å²) in [5, 5.41) is 2.94. The lowest BCUT2D eigenvalue weighted by molar-refractivity contribution is -0.123. The summed E-state index contributed by atoms with van der Waals surface area (Å²) in [4.78, 5) is 28.1. The van der Waals surface area contributed by atoms with Gasteiger partial charge in [0.2, 0.25) is 0 Å². The molecule has 1 atom stereocenters. The van der Waals surface area contributed by atoms with Crippen molar-refractivity contribution in [3.8, 4) is 11.5 Å². The number of carbonyl (C=O) groups excluding carboxylic acids is 2. The topological polar surface area (TPSA) is 67.9 Å². The zero-order chi connectivity index (χ0) is 21.3. The number of ether oxygens (including phenoxy) is 2. The predicted octanol–water partition coefficient (Wildman–Crippen LogP) is 3.46. The molecule has 1 N–H and O–H groups in total. The minimum atomic E-state index is -0.183. The van der Waals surface area contributed by atoms with Crippen LogP contribution in [0.4, 0.5) is 0 Å². The van der Waals surface area contributed by atoms with E-state index in [9.17, 15) is 9.59 Å². The third kappa shape index (κ3) is 5.69. The first-order chi connectivity index (χ1) is 14.6. The molecule has 0 spiro atoms. The van der Waals surface area contributed by atoms with E-state index in [1.165, 1.54) is 0 Å². The van der Waals surface area contributed by atoms with Gasteiger partial charge in [-0.15, -0.1) is 11.8 Å². The maximum absolute atomic E-state index is 13.0. The lowest BCUT2D eigenvalue weighted by Gasteiger charge is -2.33. The molecule has 0 saturated carbocycles. The summed E-state index contributed by atoms with van der Waals surface area (Å²) in [6.45, 7) is 1.86. The maximum Gasteiger partial charge on any atom is 0.257 e. The van der Waals surface area contributed by atoms with E-state index in [4.69, 9.17) is 9.47 Å². The number of methoxy groups -OCH3 is 1. The fraction of sp³-hybridized carbons (Fsp3) is 0.391. The van der Waals surface area contributed by atoms with Gasteiger partial charge in [-0.1, -0.05) is 24.3 Å². The Hall–Kier alpha value is -2.67. The van der Waals surface area contributed by atoms with Gasteiger partial charge in [0, 0.05) is 24.5 Å². The van der Waals surface area contributed by atoms with Crippen molar-refractivity contribution in [1.82, 2.24) is 10.2 Å². The molecule has 0 unspecified atom stereocenters. The molecule has 3 rings (SSSR count). The van der Waals surface area contributed by atoms with Crippen molar-refractivity contribution in [2.24, 2.45) is 5.92 Å². The van der Waals surface area contributed by atoms with Crippen molar-refractivity contribution in [3.63, 3.8) is 0 Å². The molecule has 160 valence electrons. The van der Waals surface area contributed by atoms with Crippen LogP contribution in [0.15, 0.2) is 53.4 Å². The van der Waals surface area contributed by atoms with Crippen molar-refractivity contribution >= 4 is 23.6 Å². The quantitative estimate of drug-likeness (QED) is 0.652. The second-order valence-electron chi connectivity index (χ2n) is 7.20. The normalized spacial score (nSPS) is 16.1. The third-order valence-electron chi connectivity index (χ3n) is 5.16. The summed E-state index contributed by atoms with van der Waals surface area (Å²) in [7, 11) is 1.57. The third-order valence-corrected chi connectivity index (χ3v) is 5.96. The van der Waals surface area contributed by atoms with Crippen LogP contribution in [0, 0.1) is 5.92 Å². The Morgan fingerprint density at radius 3 is 2.63 bits per heavy atom. The van der Waals surface area contributed by atoms with Gasteiger partial charge in [0.15, 0.2) is 18.1 Å². The molecule has 1 fully saturated rings. The molecule has 1 heterocycles. The lowest BCUT2D eigenvalue weighted by Crippen LogP contribution is -2.44. The Labute approximate surface area is 181 Å². The molecule has 2 aromatic carbocycles. The van der Waals surface area contributed by atoms with Crippen molar-refractivity contribution < 1.29 is 19.1 Å². The predicted molar refractivity (Wildman–Crippen MR) is 118 cm³/mol. The highest BCUT2D eigenvalue weighted by Crippen LogP contribution is 2.26. The van der Waals surface area contributed by atoms with Crippen molar-refractivity contribution in [2.45, 2.75) is 17.7 Å². The summed E-state index contributed by atoms with van der Waals surface area (Å²) < 4.78 is 10.8. The number of nitrogens with zero attached hydrogens (tertiary/aromatic N) is 1. The van der Waals surface area contributed by atoms with E-state index < -0.39 is 0 Å².